The largest absolute Gasteiger partial charge is 0.481 e. The molecule has 1 aromatic carbocycles. The number of rotatable bonds is 4. The number of carboxylic acids is 1. The summed E-state index contributed by atoms with van der Waals surface area (Å²) in [4.78, 5) is 13.0. The summed E-state index contributed by atoms with van der Waals surface area (Å²) >= 11 is 0. The molecular weight excluding hydrogens is 230 g/mol. The van der Waals surface area contributed by atoms with Gasteiger partial charge < -0.3 is 15.1 Å². The number of fused-ring (bicyclic) bond motifs is 1. The molecule has 0 radical (unpaired) electrons. The van der Waals surface area contributed by atoms with Crippen molar-refractivity contribution in [2.24, 2.45) is 5.92 Å². The highest BCUT2D eigenvalue weighted by atomic mass is 16.4. The highest BCUT2D eigenvalue weighted by Gasteiger charge is 2.21. The third-order valence-electron chi connectivity index (χ3n) is 3.61. The minimum Gasteiger partial charge on any atom is -0.481 e. The van der Waals surface area contributed by atoms with Crippen LogP contribution >= 0.6 is 0 Å². The van der Waals surface area contributed by atoms with Crippen LogP contribution in [0.15, 0.2) is 18.2 Å². The molecule has 2 rings (SSSR count). The third kappa shape index (κ3) is 2.48. The smallest absolute Gasteiger partial charge is 0.306 e. The van der Waals surface area contributed by atoms with Gasteiger partial charge in [-0.3, -0.25) is 4.79 Å². The van der Waals surface area contributed by atoms with Gasteiger partial charge in [-0.25, -0.2) is 0 Å². The molecule has 0 saturated heterocycles. The van der Waals surface area contributed by atoms with Gasteiger partial charge >= 0.3 is 5.97 Å². The zero-order chi connectivity index (χ0) is 13.3. The van der Waals surface area contributed by atoms with E-state index in [0.29, 0.717) is 0 Å². The second kappa shape index (κ2) is 4.98. The molecule has 18 heavy (non-hydrogen) atoms. The quantitative estimate of drug-likeness (QED) is 0.854. The number of aliphatic hydroxyl groups is 1. The van der Waals surface area contributed by atoms with E-state index in [4.69, 9.17) is 5.11 Å². The van der Waals surface area contributed by atoms with Crippen LogP contribution in [0.25, 0.3) is 0 Å². The molecule has 2 atom stereocenters. The Morgan fingerprint density at radius 3 is 2.89 bits per heavy atom. The minimum atomic E-state index is -0.866. The lowest BCUT2D eigenvalue weighted by molar-refractivity contribution is -0.142. The molecule has 0 aromatic heterocycles. The maximum atomic E-state index is 10.8. The molecule has 0 amide bonds. The van der Waals surface area contributed by atoms with Crippen LogP contribution < -0.4 is 4.90 Å². The lowest BCUT2D eigenvalue weighted by Gasteiger charge is -2.16. The molecular formula is C14H19NO3. The zero-order valence-corrected chi connectivity index (χ0v) is 10.8. The van der Waals surface area contributed by atoms with Gasteiger partial charge in [0.2, 0.25) is 0 Å². The second-order valence-corrected chi connectivity index (χ2v) is 5.05. The van der Waals surface area contributed by atoms with Gasteiger partial charge in [0.05, 0.1) is 12.0 Å². The van der Waals surface area contributed by atoms with Crippen LogP contribution in [0.2, 0.25) is 0 Å². The maximum absolute atomic E-state index is 10.8. The van der Waals surface area contributed by atoms with E-state index in [9.17, 15) is 9.90 Å². The molecule has 0 saturated carbocycles. The standard InChI is InChI=1S/C14H19NO3/c1-9(14(17)18)7-13(16)11-3-4-12-10(8-11)5-6-15(12)2/h3-4,8-9,13,16H,5-7H2,1-2H3,(H,17,18). The number of anilines is 1. The van der Waals surface area contributed by atoms with Crippen molar-refractivity contribution in [3.63, 3.8) is 0 Å². The minimum absolute atomic E-state index is 0.254. The molecule has 4 heteroatoms. The second-order valence-electron chi connectivity index (χ2n) is 5.05. The summed E-state index contributed by atoms with van der Waals surface area (Å²) < 4.78 is 0. The Balaban J connectivity index is 2.12. The number of hydrogen-bond donors (Lipinski definition) is 2. The van der Waals surface area contributed by atoms with Gasteiger partial charge in [0.25, 0.3) is 0 Å². The number of hydrogen-bond acceptors (Lipinski definition) is 3. The average molecular weight is 249 g/mol. The molecule has 1 aliphatic heterocycles. The lowest BCUT2D eigenvalue weighted by atomic mass is 9.96. The van der Waals surface area contributed by atoms with Crippen LogP contribution in [0.4, 0.5) is 5.69 Å². The first-order valence-electron chi connectivity index (χ1n) is 6.24. The van der Waals surface area contributed by atoms with E-state index in [1.807, 2.05) is 18.2 Å². The highest BCUT2D eigenvalue weighted by Crippen LogP contribution is 2.31. The Kier molecular flexibility index (Phi) is 3.57. The summed E-state index contributed by atoms with van der Waals surface area (Å²) in [6, 6.07) is 5.89. The predicted molar refractivity (Wildman–Crippen MR) is 69.8 cm³/mol. The topological polar surface area (TPSA) is 60.8 Å². The van der Waals surface area contributed by atoms with E-state index >= 15 is 0 Å². The molecule has 2 unspecified atom stereocenters. The molecule has 0 fully saturated rings. The zero-order valence-electron chi connectivity index (χ0n) is 10.8. The summed E-state index contributed by atoms with van der Waals surface area (Å²) in [6.07, 6.45) is 0.539. The van der Waals surface area contributed by atoms with Crippen molar-refractivity contribution in [2.75, 3.05) is 18.5 Å². The SMILES string of the molecule is CC(CC(O)c1ccc2c(c1)CCN2C)C(=O)O. The number of aliphatic hydroxyl groups excluding tert-OH is 1. The van der Waals surface area contributed by atoms with E-state index in [0.717, 1.165) is 18.5 Å². The number of likely N-dealkylation sites (N-methyl/N-ethyl adjacent to an activating group) is 1. The van der Waals surface area contributed by atoms with Crippen LogP contribution in [0, 0.1) is 5.92 Å². The summed E-state index contributed by atoms with van der Waals surface area (Å²) in [5, 5.41) is 18.9. The molecule has 4 nitrogen and oxygen atoms in total. The molecule has 0 aliphatic carbocycles. The number of carbonyl (C=O) groups is 1. The summed E-state index contributed by atoms with van der Waals surface area (Å²) in [5.41, 5.74) is 3.26. The Hall–Kier alpha value is -1.55. The van der Waals surface area contributed by atoms with Crippen molar-refractivity contribution in [1.29, 1.82) is 0 Å². The fourth-order valence-corrected chi connectivity index (χ4v) is 2.37. The van der Waals surface area contributed by atoms with Gasteiger partial charge in [0.15, 0.2) is 0 Å². The first-order chi connectivity index (χ1) is 8.49. The van der Waals surface area contributed by atoms with Gasteiger partial charge in [0, 0.05) is 19.3 Å². The van der Waals surface area contributed by atoms with Crippen molar-refractivity contribution in [3.05, 3.63) is 29.3 Å². The van der Waals surface area contributed by atoms with Gasteiger partial charge in [0.1, 0.15) is 0 Å². The van der Waals surface area contributed by atoms with E-state index < -0.39 is 18.0 Å². The Labute approximate surface area is 107 Å². The first-order valence-corrected chi connectivity index (χ1v) is 6.24. The fourth-order valence-electron chi connectivity index (χ4n) is 2.37. The van der Waals surface area contributed by atoms with E-state index in [2.05, 4.69) is 11.9 Å². The van der Waals surface area contributed by atoms with Crippen LogP contribution in [-0.4, -0.2) is 29.8 Å². The molecule has 2 N–H and O–H groups in total. The van der Waals surface area contributed by atoms with Crippen LogP contribution in [-0.2, 0) is 11.2 Å². The summed E-state index contributed by atoms with van der Waals surface area (Å²) in [7, 11) is 2.05. The Morgan fingerprint density at radius 2 is 2.22 bits per heavy atom. The molecule has 0 bridgehead atoms. The van der Waals surface area contributed by atoms with Crippen LogP contribution in [0.5, 0.6) is 0 Å². The molecule has 1 aliphatic rings. The monoisotopic (exact) mass is 249 g/mol. The molecule has 98 valence electrons. The number of carboxylic acid groups (broad SMARTS) is 1. The number of aliphatic carboxylic acids is 1. The van der Waals surface area contributed by atoms with Gasteiger partial charge in [-0.15, -0.1) is 0 Å². The highest BCUT2D eigenvalue weighted by molar-refractivity contribution is 5.69. The van der Waals surface area contributed by atoms with E-state index in [1.54, 1.807) is 6.92 Å². The van der Waals surface area contributed by atoms with Crippen molar-refractivity contribution in [3.8, 4) is 0 Å². The van der Waals surface area contributed by atoms with Crippen molar-refractivity contribution >= 4 is 11.7 Å². The van der Waals surface area contributed by atoms with Gasteiger partial charge in [-0.1, -0.05) is 19.1 Å². The molecule has 1 aromatic rings. The molecule has 0 spiro atoms. The van der Waals surface area contributed by atoms with Crippen LogP contribution in [0.3, 0.4) is 0 Å². The summed E-state index contributed by atoms with van der Waals surface area (Å²) in [6.45, 7) is 2.62. The average Bonchev–Trinajstić information content (AvgIpc) is 2.70. The summed E-state index contributed by atoms with van der Waals surface area (Å²) in [5.74, 6) is -1.40. The van der Waals surface area contributed by atoms with Gasteiger partial charge in [-0.05, 0) is 30.0 Å². The normalized spacial score (nSPS) is 17.4. The fraction of sp³-hybridized carbons (Fsp3) is 0.500. The molecule has 1 heterocycles. The van der Waals surface area contributed by atoms with E-state index in [-0.39, 0.29) is 6.42 Å². The van der Waals surface area contributed by atoms with Crippen molar-refractivity contribution < 1.29 is 15.0 Å². The lowest BCUT2D eigenvalue weighted by Crippen LogP contribution is -2.14. The first kappa shape index (κ1) is 12.9. The van der Waals surface area contributed by atoms with Crippen molar-refractivity contribution in [1.82, 2.24) is 0 Å². The van der Waals surface area contributed by atoms with Crippen LogP contribution in [0.1, 0.15) is 30.6 Å². The number of nitrogens with zero attached hydrogens (tertiary/aromatic N) is 1. The Bertz CT molecular complexity index is 458. The Morgan fingerprint density at radius 1 is 1.50 bits per heavy atom. The van der Waals surface area contributed by atoms with E-state index in [1.165, 1.54) is 11.3 Å². The number of benzene rings is 1. The maximum Gasteiger partial charge on any atom is 0.306 e. The predicted octanol–water partition coefficient (Wildman–Crippen LogP) is 1.82. The van der Waals surface area contributed by atoms with Gasteiger partial charge in [-0.2, -0.15) is 0 Å². The van der Waals surface area contributed by atoms with Crippen molar-refractivity contribution in [2.45, 2.75) is 25.9 Å². The third-order valence-corrected chi connectivity index (χ3v) is 3.61.